The van der Waals surface area contributed by atoms with Gasteiger partial charge >= 0.3 is 0 Å². The number of benzene rings is 2. The molecule has 1 aliphatic rings. The number of nitrogens with one attached hydrogen (secondary N) is 1. The third kappa shape index (κ3) is 12.9. The van der Waals surface area contributed by atoms with E-state index in [-0.39, 0.29) is 5.91 Å². The smallest absolute Gasteiger partial charge is 0.220 e. The second kappa shape index (κ2) is 19.5. The molecule has 2 atom stereocenters. The average molecular weight is 567 g/mol. The van der Waals surface area contributed by atoms with E-state index < -0.39 is 12.1 Å². The summed E-state index contributed by atoms with van der Waals surface area (Å²) >= 11 is 0. The summed E-state index contributed by atoms with van der Waals surface area (Å²) in [7, 11) is 2.02. The molecular formula is C35H54N2O4. The number of amides is 1. The largest absolute Gasteiger partial charge is 0.486 e. The van der Waals surface area contributed by atoms with Crippen molar-refractivity contribution in [3.8, 4) is 11.5 Å². The number of hydrogen-bond donors (Lipinski definition) is 2. The standard InChI is InChI=1S/C35H54N2O4/c1-3-4-5-6-7-8-9-10-11-12-13-14-18-21-34(38)36-31(28-37(2)27-29-19-16-15-17-20-29)35(39)30-22-23-32-33(26-30)41-25-24-40-32/h15-17,19-20,22-23,26,31,35,39H,3-14,18,21,24-25,27-28H2,1-2H3,(H,36,38)/t31-,35?/m1/s1. The molecule has 0 saturated heterocycles. The fourth-order valence-corrected chi connectivity index (χ4v) is 5.58. The Balaban J connectivity index is 1.42. The number of aliphatic hydroxyl groups is 1. The van der Waals surface area contributed by atoms with Crippen LogP contribution in [0.2, 0.25) is 0 Å². The van der Waals surface area contributed by atoms with Crippen LogP contribution < -0.4 is 14.8 Å². The van der Waals surface area contributed by atoms with Gasteiger partial charge in [-0.25, -0.2) is 0 Å². The van der Waals surface area contributed by atoms with Gasteiger partial charge in [0.2, 0.25) is 5.91 Å². The van der Waals surface area contributed by atoms with Crippen molar-refractivity contribution in [1.29, 1.82) is 0 Å². The zero-order chi connectivity index (χ0) is 29.1. The molecule has 41 heavy (non-hydrogen) atoms. The number of aliphatic hydroxyl groups excluding tert-OH is 1. The molecule has 0 fully saturated rings. The molecule has 0 saturated carbocycles. The van der Waals surface area contributed by atoms with Crippen LogP contribution in [0.25, 0.3) is 0 Å². The molecule has 2 aromatic carbocycles. The predicted molar refractivity (Wildman–Crippen MR) is 167 cm³/mol. The predicted octanol–water partition coefficient (Wildman–Crippen LogP) is 7.59. The second-order valence-corrected chi connectivity index (χ2v) is 11.7. The Labute approximate surface area is 248 Å². The lowest BCUT2D eigenvalue weighted by atomic mass is 10.00. The van der Waals surface area contributed by atoms with Gasteiger partial charge in [-0.3, -0.25) is 9.69 Å². The quantitative estimate of drug-likeness (QED) is 0.152. The lowest BCUT2D eigenvalue weighted by Gasteiger charge is -2.30. The van der Waals surface area contributed by atoms with Crippen LogP contribution in [-0.4, -0.2) is 48.8 Å². The third-order valence-corrected chi connectivity index (χ3v) is 7.95. The van der Waals surface area contributed by atoms with Crippen molar-refractivity contribution in [2.24, 2.45) is 0 Å². The van der Waals surface area contributed by atoms with E-state index in [0.29, 0.717) is 43.2 Å². The number of carbonyl (C=O) groups is 1. The lowest BCUT2D eigenvalue weighted by molar-refractivity contribution is -0.123. The van der Waals surface area contributed by atoms with Gasteiger partial charge in [0.15, 0.2) is 11.5 Å². The number of hydrogen-bond acceptors (Lipinski definition) is 5. The zero-order valence-corrected chi connectivity index (χ0v) is 25.6. The van der Waals surface area contributed by atoms with Gasteiger partial charge in [-0.1, -0.05) is 120 Å². The summed E-state index contributed by atoms with van der Waals surface area (Å²) in [6, 6.07) is 15.3. The van der Waals surface area contributed by atoms with E-state index in [1.165, 1.54) is 76.2 Å². The molecule has 2 aromatic rings. The minimum absolute atomic E-state index is 0.00257. The van der Waals surface area contributed by atoms with Crippen molar-refractivity contribution in [3.05, 3.63) is 59.7 Å². The van der Waals surface area contributed by atoms with Crippen LogP contribution in [0.3, 0.4) is 0 Å². The number of carbonyl (C=O) groups excluding carboxylic acids is 1. The van der Waals surface area contributed by atoms with Crippen molar-refractivity contribution in [1.82, 2.24) is 10.2 Å². The SMILES string of the molecule is CCCCCCCCCCCCCCCC(=O)N[C@H](CN(C)Cc1ccccc1)C(O)c1ccc2c(c1)OCCO2. The van der Waals surface area contributed by atoms with E-state index in [4.69, 9.17) is 9.47 Å². The van der Waals surface area contributed by atoms with Gasteiger partial charge in [0, 0.05) is 19.5 Å². The number of fused-ring (bicyclic) bond motifs is 1. The molecular weight excluding hydrogens is 512 g/mol. The Bertz CT molecular complexity index is 983. The van der Waals surface area contributed by atoms with Gasteiger partial charge in [-0.15, -0.1) is 0 Å². The topological polar surface area (TPSA) is 71.0 Å². The fourth-order valence-electron chi connectivity index (χ4n) is 5.58. The second-order valence-electron chi connectivity index (χ2n) is 11.7. The Morgan fingerprint density at radius 3 is 2.05 bits per heavy atom. The Kier molecular flexibility index (Phi) is 15.7. The Hall–Kier alpha value is -2.57. The first kappa shape index (κ1) is 32.9. The summed E-state index contributed by atoms with van der Waals surface area (Å²) in [5.74, 6) is 1.33. The molecule has 228 valence electrons. The molecule has 6 nitrogen and oxygen atoms in total. The highest BCUT2D eigenvalue weighted by atomic mass is 16.6. The summed E-state index contributed by atoms with van der Waals surface area (Å²) in [4.78, 5) is 15.1. The van der Waals surface area contributed by atoms with Crippen molar-refractivity contribution in [3.63, 3.8) is 0 Å². The first-order valence-corrected chi connectivity index (χ1v) is 16.2. The van der Waals surface area contributed by atoms with E-state index in [1.807, 2.05) is 43.4 Å². The van der Waals surface area contributed by atoms with Crippen molar-refractivity contribution in [2.75, 3.05) is 26.8 Å². The van der Waals surface area contributed by atoms with Crippen molar-refractivity contribution < 1.29 is 19.4 Å². The molecule has 0 radical (unpaired) electrons. The number of nitrogens with zero attached hydrogens (tertiary/aromatic N) is 1. The fraction of sp³-hybridized carbons (Fsp3) is 0.629. The monoisotopic (exact) mass is 566 g/mol. The highest BCUT2D eigenvalue weighted by molar-refractivity contribution is 5.76. The molecule has 0 bridgehead atoms. The highest BCUT2D eigenvalue weighted by Gasteiger charge is 2.26. The van der Waals surface area contributed by atoms with Crippen LogP contribution in [0, 0.1) is 0 Å². The van der Waals surface area contributed by atoms with E-state index in [9.17, 15) is 9.90 Å². The van der Waals surface area contributed by atoms with Crippen LogP contribution >= 0.6 is 0 Å². The van der Waals surface area contributed by atoms with Gasteiger partial charge in [0.1, 0.15) is 19.3 Å². The molecule has 2 N–H and O–H groups in total. The average Bonchev–Trinajstić information content (AvgIpc) is 2.99. The molecule has 1 aliphatic heterocycles. The highest BCUT2D eigenvalue weighted by Crippen LogP contribution is 2.33. The first-order valence-electron chi connectivity index (χ1n) is 16.2. The van der Waals surface area contributed by atoms with Crippen molar-refractivity contribution in [2.45, 2.75) is 116 Å². The van der Waals surface area contributed by atoms with Gasteiger partial charge in [-0.05, 0) is 36.7 Å². The molecule has 1 heterocycles. The summed E-state index contributed by atoms with van der Waals surface area (Å²) in [6.45, 7) is 4.54. The maximum absolute atomic E-state index is 13.0. The summed E-state index contributed by atoms with van der Waals surface area (Å²) in [5.41, 5.74) is 1.91. The van der Waals surface area contributed by atoms with Gasteiger partial charge < -0.3 is 19.9 Å². The third-order valence-electron chi connectivity index (χ3n) is 7.95. The first-order chi connectivity index (χ1) is 20.1. The van der Waals surface area contributed by atoms with Gasteiger partial charge in [-0.2, -0.15) is 0 Å². The number of likely N-dealkylation sites (N-methyl/N-ethyl adjacent to an activating group) is 1. The van der Waals surface area contributed by atoms with Crippen LogP contribution in [0.4, 0.5) is 0 Å². The minimum atomic E-state index is -0.861. The van der Waals surface area contributed by atoms with Crippen LogP contribution in [-0.2, 0) is 11.3 Å². The van der Waals surface area contributed by atoms with E-state index in [1.54, 1.807) is 0 Å². The van der Waals surface area contributed by atoms with E-state index in [2.05, 4.69) is 29.3 Å². The summed E-state index contributed by atoms with van der Waals surface area (Å²) in [5, 5.41) is 14.5. The molecule has 6 heteroatoms. The lowest BCUT2D eigenvalue weighted by Crippen LogP contribution is -2.46. The summed E-state index contributed by atoms with van der Waals surface area (Å²) < 4.78 is 11.4. The molecule has 0 aliphatic carbocycles. The van der Waals surface area contributed by atoms with Gasteiger partial charge in [0.25, 0.3) is 0 Å². The maximum atomic E-state index is 13.0. The number of rotatable bonds is 21. The minimum Gasteiger partial charge on any atom is -0.486 e. The van der Waals surface area contributed by atoms with E-state index in [0.717, 1.165) is 19.4 Å². The molecule has 0 spiro atoms. The Morgan fingerprint density at radius 2 is 1.41 bits per heavy atom. The summed E-state index contributed by atoms with van der Waals surface area (Å²) in [6.07, 6.45) is 16.3. The molecule has 3 rings (SSSR count). The normalized spacial score (nSPS) is 14.1. The van der Waals surface area contributed by atoms with Gasteiger partial charge in [0.05, 0.1) is 6.04 Å². The van der Waals surface area contributed by atoms with Crippen LogP contribution in [0.1, 0.15) is 114 Å². The van der Waals surface area contributed by atoms with E-state index >= 15 is 0 Å². The Morgan fingerprint density at radius 1 is 0.829 bits per heavy atom. The van der Waals surface area contributed by atoms with Crippen molar-refractivity contribution >= 4 is 5.91 Å². The number of unbranched alkanes of at least 4 members (excludes halogenated alkanes) is 12. The maximum Gasteiger partial charge on any atom is 0.220 e. The molecule has 0 aromatic heterocycles. The van der Waals surface area contributed by atoms with Crippen LogP contribution in [0.15, 0.2) is 48.5 Å². The molecule has 1 unspecified atom stereocenters. The molecule has 1 amide bonds. The number of ether oxygens (including phenoxy) is 2. The van der Waals surface area contributed by atoms with Crippen LogP contribution in [0.5, 0.6) is 11.5 Å². The zero-order valence-electron chi connectivity index (χ0n) is 25.6.